The van der Waals surface area contributed by atoms with Gasteiger partial charge < -0.3 is 10.6 Å². The van der Waals surface area contributed by atoms with E-state index in [9.17, 15) is 4.79 Å². The molecule has 6 heteroatoms. The summed E-state index contributed by atoms with van der Waals surface area (Å²) in [7, 11) is 0. The molecule has 2 N–H and O–H groups in total. The van der Waals surface area contributed by atoms with Gasteiger partial charge in [0.15, 0.2) is 0 Å². The summed E-state index contributed by atoms with van der Waals surface area (Å²) < 4.78 is 0. The van der Waals surface area contributed by atoms with Gasteiger partial charge in [0.1, 0.15) is 5.69 Å². The number of hydrogen-bond acceptors (Lipinski definition) is 4. The molecule has 2 aromatic heterocycles. The smallest absolute Gasteiger partial charge is 0.270 e. The third-order valence-corrected chi connectivity index (χ3v) is 4.04. The summed E-state index contributed by atoms with van der Waals surface area (Å²) in [5, 5.41) is 6.89. The van der Waals surface area contributed by atoms with E-state index in [-0.39, 0.29) is 5.91 Å². The Morgan fingerprint density at radius 2 is 1.92 bits per heavy atom. The molecule has 0 aliphatic carbocycles. The van der Waals surface area contributed by atoms with Crippen LogP contribution < -0.4 is 10.6 Å². The maximum absolute atomic E-state index is 12.3. The Balaban J connectivity index is 1.53. The number of hydrogen-bond donors (Lipinski definition) is 2. The van der Waals surface area contributed by atoms with Gasteiger partial charge in [-0.1, -0.05) is 29.8 Å². The Morgan fingerprint density at radius 1 is 1.04 bits per heavy atom. The molecule has 0 saturated heterocycles. The molecule has 0 unspecified atom stereocenters. The maximum Gasteiger partial charge on any atom is 0.270 e. The van der Waals surface area contributed by atoms with Gasteiger partial charge in [-0.2, -0.15) is 0 Å². The summed E-state index contributed by atoms with van der Waals surface area (Å²) >= 11 is 5.99. The van der Waals surface area contributed by atoms with Crippen LogP contribution in [0.25, 0.3) is 0 Å². The van der Waals surface area contributed by atoms with E-state index < -0.39 is 0 Å². The quantitative estimate of drug-likeness (QED) is 0.668. The first-order valence-electron chi connectivity index (χ1n) is 8.32. The van der Waals surface area contributed by atoms with E-state index >= 15 is 0 Å². The largest absolute Gasteiger partial charge is 0.385 e. The number of nitrogens with zero attached hydrogens (tertiary/aromatic N) is 2. The van der Waals surface area contributed by atoms with Crippen molar-refractivity contribution in [1.82, 2.24) is 15.3 Å². The van der Waals surface area contributed by atoms with Gasteiger partial charge >= 0.3 is 0 Å². The third kappa shape index (κ3) is 5.29. The number of benzene rings is 1. The predicted molar refractivity (Wildman–Crippen MR) is 103 cm³/mol. The van der Waals surface area contributed by atoms with Crippen LogP contribution >= 0.6 is 11.6 Å². The van der Waals surface area contributed by atoms with Crippen LogP contribution in [0.3, 0.4) is 0 Å². The Hall–Kier alpha value is -2.92. The lowest BCUT2D eigenvalue weighted by Gasteiger charge is -2.09. The lowest BCUT2D eigenvalue weighted by molar-refractivity contribution is 0.0946. The van der Waals surface area contributed by atoms with E-state index in [0.29, 0.717) is 12.2 Å². The van der Waals surface area contributed by atoms with Crippen LogP contribution in [0.4, 0.5) is 5.69 Å². The van der Waals surface area contributed by atoms with Gasteiger partial charge in [-0.15, -0.1) is 0 Å². The van der Waals surface area contributed by atoms with E-state index in [2.05, 4.69) is 20.6 Å². The number of rotatable bonds is 7. The molecule has 3 aromatic rings. The maximum atomic E-state index is 12.3. The van der Waals surface area contributed by atoms with Gasteiger partial charge in [-0.05, 0) is 47.9 Å². The van der Waals surface area contributed by atoms with E-state index in [1.54, 1.807) is 24.7 Å². The lowest BCUT2D eigenvalue weighted by atomic mass is 10.1. The fourth-order valence-corrected chi connectivity index (χ4v) is 2.70. The number of pyridine rings is 2. The molecular weight excluding hydrogens is 348 g/mol. The minimum absolute atomic E-state index is 0.215. The Labute approximate surface area is 157 Å². The molecule has 2 heterocycles. The highest BCUT2D eigenvalue weighted by molar-refractivity contribution is 6.30. The van der Waals surface area contributed by atoms with Gasteiger partial charge in [0.2, 0.25) is 0 Å². The zero-order valence-electron chi connectivity index (χ0n) is 14.2. The van der Waals surface area contributed by atoms with Crippen LogP contribution in [0.15, 0.2) is 67.1 Å². The second-order valence-corrected chi connectivity index (χ2v) is 6.22. The minimum atomic E-state index is -0.215. The Morgan fingerprint density at radius 3 is 2.73 bits per heavy atom. The molecular formula is C20H19ClN4O. The van der Waals surface area contributed by atoms with Crippen LogP contribution in [0.2, 0.25) is 5.02 Å². The summed E-state index contributed by atoms with van der Waals surface area (Å²) in [5.41, 5.74) is 3.33. The van der Waals surface area contributed by atoms with Crippen molar-refractivity contribution in [1.29, 1.82) is 0 Å². The SMILES string of the molecule is O=C(NCc1cccnc1)c1cc(NCCc2cccc(Cl)c2)ccn1. The number of nitrogens with one attached hydrogen (secondary N) is 2. The van der Waals surface area contributed by atoms with Crippen LogP contribution in [-0.4, -0.2) is 22.4 Å². The third-order valence-electron chi connectivity index (χ3n) is 3.80. The van der Waals surface area contributed by atoms with Crippen molar-refractivity contribution >= 4 is 23.2 Å². The monoisotopic (exact) mass is 366 g/mol. The highest BCUT2D eigenvalue weighted by Crippen LogP contribution is 2.12. The van der Waals surface area contributed by atoms with E-state index in [0.717, 1.165) is 34.8 Å². The molecule has 0 saturated carbocycles. The van der Waals surface area contributed by atoms with Crippen LogP contribution in [0.5, 0.6) is 0 Å². The molecule has 0 fully saturated rings. The van der Waals surface area contributed by atoms with Crippen molar-refractivity contribution in [3.8, 4) is 0 Å². The van der Waals surface area contributed by atoms with Crippen molar-refractivity contribution in [3.63, 3.8) is 0 Å². The molecule has 0 radical (unpaired) electrons. The predicted octanol–water partition coefficient (Wildman–Crippen LogP) is 3.71. The van der Waals surface area contributed by atoms with Crippen LogP contribution in [0.1, 0.15) is 21.6 Å². The van der Waals surface area contributed by atoms with Crippen molar-refractivity contribution in [2.24, 2.45) is 0 Å². The van der Waals surface area contributed by atoms with Crippen molar-refractivity contribution in [3.05, 3.63) is 89.0 Å². The minimum Gasteiger partial charge on any atom is -0.385 e. The normalized spacial score (nSPS) is 10.3. The Kier molecular flexibility index (Phi) is 6.17. The molecule has 0 aliphatic heterocycles. The number of anilines is 1. The zero-order valence-corrected chi connectivity index (χ0v) is 14.9. The fraction of sp³-hybridized carbons (Fsp3) is 0.150. The molecule has 0 bridgehead atoms. The molecule has 26 heavy (non-hydrogen) atoms. The highest BCUT2D eigenvalue weighted by atomic mass is 35.5. The van der Waals surface area contributed by atoms with Gasteiger partial charge in [-0.25, -0.2) is 0 Å². The van der Waals surface area contributed by atoms with Crippen molar-refractivity contribution in [2.45, 2.75) is 13.0 Å². The summed E-state index contributed by atoms with van der Waals surface area (Å²) in [4.78, 5) is 20.4. The van der Waals surface area contributed by atoms with E-state index in [1.165, 1.54) is 0 Å². The van der Waals surface area contributed by atoms with Crippen LogP contribution in [-0.2, 0) is 13.0 Å². The summed E-state index contributed by atoms with van der Waals surface area (Å²) in [6.45, 7) is 1.15. The van der Waals surface area contributed by atoms with E-state index in [4.69, 9.17) is 11.6 Å². The average molecular weight is 367 g/mol. The lowest BCUT2D eigenvalue weighted by Crippen LogP contribution is -2.24. The molecule has 132 valence electrons. The van der Waals surface area contributed by atoms with E-state index in [1.807, 2.05) is 42.5 Å². The molecule has 3 rings (SSSR count). The molecule has 1 aromatic carbocycles. The molecule has 0 aliphatic rings. The average Bonchev–Trinajstić information content (AvgIpc) is 2.67. The highest BCUT2D eigenvalue weighted by Gasteiger charge is 2.08. The molecule has 5 nitrogen and oxygen atoms in total. The Bertz CT molecular complexity index is 870. The second kappa shape index (κ2) is 8.97. The molecule has 0 spiro atoms. The molecule has 0 atom stereocenters. The second-order valence-electron chi connectivity index (χ2n) is 5.78. The first-order chi connectivity index (χ1) is 12.7. The van der Waals surface area contributed by atoms with Gasteiger partial charge in [0, 0.05) is 42.4 Å². The van der Waals surface area contributed by atoms with Crippen LogP contribution in [0, 0.1) is 0 Å². The number of carbonyl (C=O) groups excluding carboxylic acids is 1. The number of carbonyl (C=O) groups is 1. The summed E-state index contributed by atoms with van der Waals surface area (Å²) in [6.07, 6.45) is 5.89. The topological polar surface area (TPSA) is 66.9 Å². The van der Waals surface area contributed by atoms with Crippen molar-refractivity contribution < 1.29 is 4.79 Å². The first kappa shape index (κ1) is 17.9. The van der Waals surface area contributed by atoms with Gasteiger partial charge in [-0.3, -0.25) is 14.8 Å². The number of halogens is 1. The standard InChI is InChI=1S/C20H19ClN4O/c21-17-5-1-3-15(11-17)6-9-23-18-7-10-24-19(12-18)20(26)25-14-16-4-2-8-22-13-16/h1-5,7-8,10-13H,6,9,14H2,(H,23,24)(H,25,26). The van der Waals surface area contributed by atoms with Gasteiger partial charge in [0.25, 0.3) is 5.91 Å². The zero-order chi connectivity index (χ0) is 18.2. The summed E-state index contributed by atoms with van der Waals surface area (Å²) in [6, 6.07) is 15.1. The first-order valence-corrected chi connectivity index (χ1v) is 8.70. The van der Waals surface area contributed by atoms with Gasteiger partial charge in [0.05, 0.1) is 0 Å². The number of amides is 1. The summed E-state index contributed by atoms with van der Waals surface area (Å²) in [5.74, 6) is -0.215. The molecule has 1 amide bonds. The fourth-order valence-electron chi connectivity index (χ4n) is 2.48. The van der Waals surface area contributed by atoms with Crippen molar-refractivity contribution in [2.75, 3.05) is 11.9 Å². The number of aromatic nitrogens is 2.